The van der Waals surface area contributed by atoms with Crippen molar-refractivity contribution in [2.75, 3.05) is 13.1 Å². The fourth-order valence-electron chi connectivity index (χ4n) is 3.57. The van der Waals surface area contributed by atoms with Gasteiger partial charge >= 0.3 is 0 Å². The van der Waals surface area contributed by atoms with Crippen LogP contribution < -0.4 is 0 Å². The van der Waals surface area contributed by atoms with E-state index in [1.54, 1.807) is 12.1 Å². The molecule has 0 unspecified atom stereocenters. The maximum Gasteiger partial charge on any atom is 0.269 e. The topological polar surface area (TPSA) is 46.4 Å². The smallest absolute Gasteiger partial charge is 0.269 e. The van der Waals surface area contributed by atoms with Crippen LogP contribution in [0.4, 0.5) is 5.69 Å². The van der Waals surface area contributed by atoms with Gasteiger partial charge in [0, 0.05) is 24.7 Å². The molecule has 4 nitrogen and oxygen atoms in total. The van der Waals surface area contributed by atoms with Crippen LogP contribution in [0.3, 0.4) is 0 Å². The fourth-order valence-corrected chi connectivity index (χ4v) is 3.57. The molecule has 25 heavy (non-hydrogen) atoms. The fraction of sp³-hybridized carbons (Fsp3) is 0.333. The van der Waals surface area contributed by atoms with Crippen molar-refractivity contribution in [1.82, 2.24) is 4.90 Å². The van der Waals surface area contributed by atoms with E-state index < -0.39 is 0 Å². The molecule has 1 aliphatic rings. The van der Waals surface area contributed by atoms with Gasteiger partial charge in [-0.1, -0.05) is 42.5 Å². The molecular formula is C21H24N2O2. The molecule has 1 fully saturated rings. The normalized spacial score (nSPS) is 17.5. The van der Waals surface area contributed by atoms with E-state index in [0.29, 0.717) is 6.04 Å². The lowest BCUT2D eigenvalue weighted by Crippen LogP contribution is -2.25. The third-order valence-electron chi connectivity index (χ3n) is 4.94. The molecule has 3 rings (SSSR count). The standard InChI is InChI=1S/C21H24N2O2/c1-2-4-17-6-10-19(11-7-17)21-5-3-15-22(21)16-14-18-8-12-20(13-9-18)23(24)25/h2,6-13,21H,1,3-5,14-16H2/t21-/m0/s1. The molecule has 0 amide bonds. The molecule has 0 N–H and O–H groups in total. The molecule has 1 heterocycles. The highest BCUT2D eigenvalue weighted by molar-refractivity contribution is 5.33. The molecule has 0 saturated carbocycles. The number of allylic oxidation sites excluding steroid dienone is 1. The number of benzene rings is 2. The number of rotatable bonds is 7. The predicted octanol–water partition coefficient (Wildman–Crippen LogP) is 4.70. The Morgan fingerprint density at radius 3 is 2.44 bits per heavy atom. The summed E-state index contributed by atoms with van der Waals surface area (Å²) in [5.74, 6) is 0. The van der Waals surface area contributed by atoms with Crippen LogP contribution in [0.15, 0.2) is 61.2 Å². The molecule has 1 atom stereocenters. The van der Waals surface area contributed by atoms with E-state index in [2.05, 4.69) is 35.7 Å². The first-order chi connectivity index (χ1) is 12.2. The van der Waals surface area contributed by atoms with E-state index in [9.17, 15) is 10.1 Å². The minimum absolute atomic E-state index is 0.155. The van der Waals surface area contributed by atoms with Gasteiger partial charge in [0.2, 0.25) is 0 Å². The van der Waals surface area contributed by atoms with Gasteiger partial charge < -0.3 is 0 Å². The molecule has 130 valence electrons. The second-order valence-electron chi connectivity index (χ2n) is 6.60. The number of nitro benzene ring substituents is 1. The quantitative estimate of drug-likeness (QED) is 0.418. The van der Waals surface area contributed by atoms with Gasteiger partial charge in [-0.3, -0.25) is 15.0 Å². The van der Waals surface area contributed by atoms with Crippen molar-refractivity contribution in [3.63, 3.8) is 0 Å². The van der Waals surface area contributed by atoms with Crippen LogP contribution in [0.5, 0.6) is 0 Å². The van der Waals surface area contributed by atoms with Gasteiger partial charge in [-0.05, 0) is 48.9 Å². The number of nitrogens with zero attached hydrogens (tertiary/aromatic N) is 2. The molecule has 0 aliphatic carbocycles. The average Bonchev–Trinajstić information content (AvgIpc) is 3.10. The average molecular weight is 336 g/mol. The second kappa shape index (κ2) is 8.08. The number of hydrogen-bond acceptors (Lipinski definition) is 3. The zero-order chi connectivity index (χ0) is 17.6. The third kappa shape index (κ3) is 4.34. The predicted molar refractivity (Wildman–Crippen MR) is 101 cm³/mol. The summed E-state index contributed by atoms with van der Waals surface area (Å²) in [6.45, 7) is 5.89. The molecule has 1 saturated heterocycles. The SMILES string of the molecule is C=CCc1ccc([C@@H]2CCCN2CCc2ccc([N+](=O)[O-])cc2)cc1. The number of non-ortho nitro benzene ring substituents is 1. The molecule has 0 radical (unpaired) electrons. The van der Waals surface area contributed by atoms with E-state index in [-0.39, 0.29) is 10.6 Å². The molecule has 0 aromatic heterocycles. The molecule has 1 aliphatic heterocycles. The highest BCUT2D eigenvalue weighted by Gasteiger charge is 2.25. The van der Waals surface area contributed by atoms with E-state index in [0.717, 1.165) is 31.5 Å². The lowest BCUT2D eigenvalue weighted by molar-refractivity contribution is -0.384. The molecule has 2 aromatic rings. The van der Waals surface area contributed by atoms with Crippen LogP contribution >= 0.6 is 0 Å². The highest BCUT2D eigenvalue weighted by atomic mass is 16.6. The summed E-state index contributed by atoms with van der Waals surface area (Å²) in [6, 6.07) is 16.3. The van der Waals surface area contributed by atoms with Crippen molar-refractivity contribution in [1.29, 1.82) is 0 Å². The van der Waals surface area contributed by atoms with Gasteiger partial charge in [0.05, 0.1) is 4.92 Å². The van der Waals surface area contributed by atoms with Crippen molar-refractivity contribution in [2.45, 2.75) is 31.7 Å². The Bertz CT molecular complexity index is 723. The lowest BCUT2D eigenvalue weighted by atomic mass is 10.0. The van der Waals surface area contributed by atoms with Crippen molar-refractivity contribution in [3.8, 4) is 0 Å². The Morgan fingerprint density at radius 2 is 1.80 bits per heavy atom. The molecular weight excluding hydrogens is 312 g/mol. The van der Waals surface area contributed by atoms with Gasteiger partial charge in [-0.25, -0.2) is 0 Å². The highest BCUT2D eigenvalue weighted by Crippen LogP contribution is 2.32. The van der Waals surface area contributed by atoms with Crippen LogP contribution in [0.2, 0.25) is 0 Å². The van der Waals surface area contributed by atoms with Crippen molar-refractivity contribution in [2.24, 2.45) is 0 Å². The lowest BCUT2D eigenvalue weighted by Gasteiger charge is -2.25. The Morgan fingerprint density at radius 1 is 1.12 bits per heavy atom. The molecule has 2 aromatic carbocycles. The zero-order valence-corrected chi connectivity index (χ0v) is 14.4. The van der Waals surface area contributed by atoms with Gasteiger partial charge in [-0.15, -0.1) is 6.58 Å². The molecule has 0 bridgehead atoms. The number of hydrogen-bond donors (Lipinski definition) is 0. The molecule has 4 heteroatoms. The van der Waals surface area contributed by atoms with Crippen LogP contribution in [0, 0.1) is 10.1 Å². The Labute approximate surface area is 148 Å². The van der Waals surface area contributed by atoms with Crippen molar-refractivity contribution < 1.29 is 4.92 Å². The number of nitro groups is 1. The van der Waals surface area contributed by atoms with Crippen LogP contribution in [0.1, 0.15) is 35.6 Å². The van der Waals surface area contributed by atoms with Crippen LogP contribution in [-0.4, -0.2) is 22.9 Å². The first-order valence-corrected chi connectivity index (χ1v) is 8.84. The van der Waals surface area contributed by atoms with E-state index in [4.69, 9.17) is 0 Å². The van der Waals surface area contributed by atoms with Crippen LogP contribution in [-0.2, 0) is 12.8 Å². The Kier molecular flexibility index (Phi) is 5.61. The van der Waals surface area contributed by atoms with Crippen LogP contribution in [0.25, 0.3) is 0 Å². The first kappa shape index (κ1) is 17.4. The summed E-state index contributed by atoms with van der Waals surface area (Å²) in [7, 11) is 0. The first-order valence-electron chi connectivity index (χ1n) is 8.84. The third-order valence-corrected chi connectivity index (χ3v) is 4.94. The molecule has 0 spiro atoms. The monoisotopic (exact) mass is 336 g/mol. The summed E-state index contributed by atoms with van der Waals surface area (Å²) in [5.41, 5.74) is 3.99. The van der Waals surface area contributed by atoms with Gasteiger partial charge in [0.1, 0.15) is 0 Å². The largest absolute Gasteiger partial charge is 0.296 e. The zero-order valence-electron chi connectivity index (χ0n) is 14.4. The summed E-state index contributed by atoms with van der Waals surface area (Å²) in [6.07, 6.45) is 6.18. The van der Waals surface area contributed by atoms with Gasteiger partial charge in [0.15, 0.2) is 0 Å². The maximum atomic E-state index is 10.7. The van der Waals surface area contributed by atoms with Gasteiger partial charge in [-0.2, -0.15) is 0 Å². The minimum atomic E-state index is -0.351. The maximum absolute atomic E-state index is 10.7. The number of likely N-dealkylation sites (tertiary alicyclic amines) is 1. The Hall–Kier alpha value is -2.46. The summed E-state index contributed by atoms with van der Waals surface area (Å²) < 4.78 is 0. The summed E-state index contributed by atoms with van der Waals surface area (Å²) >= 11 is 0. The van der Waals surface area contributed by atoms with E-state index in [1.807, 2.05) is 18.2 Å². The second-order valence-corrected chi connectivity index (χ2v) is 6.60. The van der Waals surface area contributed by atoms with Gasteiger partial charge in [0.25, 0.3) is 5.69 Å². The van der Waals surface area contributed by atoms with E-state index >= 15 is 0 Å². The minimum Gasteiger partial charge on any atom is -0.296 e. The van der Waals surface area contributed by atoms with Crippen molar-refractivity contribution >= 4 is 5.69 Å². The summed E-state index contributed by atoms with van der Waals surface area (Å²) in [5, 5.41) is 10.7. The summed E-state index contributed by atoms with van der Waals surface area (Å²) in [4.78, 5) is 12.9. The Balaban J connectivity index is 1.61. The van der Waals surface area contributed by atoms with Crippen molar-refractivity contribution in [3.05, 3.63) is 88.0 Å². The van der Waals surface area contributed by atoms with E-state index in [1.165, 1.54) is 24.0 Å².